The third kappa shape index (κ3) is 2.72. The molecule has 0 amide bonds. The van der Waals surface area contributed by atoms with Crippen LogP contribution in [-0.4, -0.2) is 4.98 Å². The van der Waals surface area contributed by atoms with Crippen molar-refractivity contribution in [2.75, 3.05) is 5.32 Å². The second kappa shape index (κ2) is 5.61. The lowest BCUT2D eigenvalue weighted by atomic mass is 10.1. The van der Waals surface area contributed by atoms with Crippen molar-refractivity contribution in [1.82, 2.24) is 4.98 Å². The zero-order valence-corrected chi connectivity index (χ0v) is 11.3. The molecule has 2 aromatic carbocycles. The summed E-state index contributed by atoms with van der Waals surface area (Å²) in [6.45, 7) is 2.15. The van der Waals surface area contributed by atoms with Crippen LogP contribution >= 0.6 is 0 Å². The zero-order chi connectivity index (χ0) is 13.8. The largest absolute Gasteiger partial charge is 0.444 e. The minimum atomic E-state index is 0.271. The number of oxazole rings is 1. The van der Waals surface area contributed by atoms with Gasteiger partial charge in [0.2, 0.25) is 0 Å². The molecule has 3 aromatic rings. The van der Waals surface area contributed by atoms with Gasteiger partial charge >= 0.3 is 0 Å². The number of nitrogens with zero attached hydrogens (tertiary/aromatic N) is 1. The molecule has 20 heavy (non-hydrogen) atoms. The summed E-state index contributed by atoms with van der Waals surface area (Å²) in [4.78, 5) is 3.93. The fourth-order valence-corrected chi connectivity index (χ4v) is 2.16. The Hall–Kier alpha value is -2.55. The summed E-state index contributed by atoms with van der Waals surface area (Å²) in [7, 11) is 0. The lowest BCUT2D eigenvalue weighted by Crippen LogP contribution is -2.06. The van der Waals surface area contributed by atoms with E-state index in [2.05, 4.69) is 53.6 Å². The van der Waals surface area contributed by atoms with E-state index in [0.717, 1.165) is 17.0 Å². The van der Waals surface area contributed by atoms with Gasteiger partial charge in [0, 0.05) is 17.3 Å². The van der Waals surface area contributed by atoms with Crippen LogP contribution in [0, 0.1) is 0 Å². The Labute approximate surface area is 118 Å². The summed E-state index contributed by atoms with van der Waals surface area (Å²) < 4.78 is 5.28. The number of anilines is 1. The van der Waals surface area contributed by atoms with Gasteiger partial charge in [-0.2, -0.15) is 0 Å². The zero-order valence-electron chi connectivity index (χ0n) is 11.3. The summed E-state index contributed by atoms with van der Waals surface area (Å²) in [6.07, 6.45) is 3.16. The van der Waals surface area contributed by atoms with E-state index in [1.165, 1.54) is 12.0 Å². The summed E-state index contributed by atoms with van der Waals surface area (Å²) in [5.74, 6) is 0.785. The second-order valence-corrected chi connectivity index (χ2v) is 4.72. The molecule has 3 rings (SSSR count). The highest BCUT2D eigenvalue weighted by Crippen LogP contribution is 2.23. The molecule has 0 aliphatic rings. The average Bonchev–Trinajstić information content (AvgIpc) is 3.03. The normalized spacial score (nSPS) is 12.1. The molecule has 0 spiro atoms. The van der Waals surface area contributed by atoms with Gasteiger partial charge < -0.3 is 9.73 Å². The fourth-order valence-electron chi connectivity index (χ4n) is 2.16. The van der Waals surface area contributed by atoms with Gasteiger partial charge in [0.15, 0.2) is 12.2 Å². The van der Waals surface area contributed by atoms with Crippen molar-refractivity contribution in [1.29, 1.82) is 0 Å². The van der Waals surface area contributed by atoms with Crippen LogP contribution in [0.15, 0.2) is 71.6 Å². The highest BCUT2D eigenvalue weighted by atomic mass is 16.3. The fraction of sp³-hybridized carbons (Fsp3) is 0.118. The van der Waals surface area contributed by atoms with Gasteiger partial charge in [-0.05, 0) is 36.8 Å². The van der Waals surface area contributed by atoms with Gasteiger partial charge in [0.25, 0.3) is 0 Å². The van der Waals surface area contributed by atoms with Crippen LogP contribution in [0.3, 0.4) is 0 Å². The maximum Gasteiger partial charge on any atom is 0.181 e. The second-order valence-electron chi connectivity index (χ2n) is 4.72. The molecule has 1 heterocycles. The first-order valence-corrected chi connectivity index (χ1v) is 6.63. The smallest absolute Gasteiger partial charge is 0.181 e. The van der Waals surface area contributed by atoms with Gasteiger partial charge in [0.05, 0.1) is 6.20 Å². The molecular weight excluding hydrogens is 248 g/mol. The maximum atomic E-state index is 5.28. The monoisotopic (exact) mass is 264 g/mol. The molecule has 0 aliphatic carbocycles. The average molecular weight is 264 g/mol. The first-order valence-electron chi connectivity index (χ1n) is 6.63. The van der Waals surface area contributed by atoms with E-state index >= 15 is 0 Å². The van der Waals surface area contributed by atoms with Gasteiger partial charge in [-0.25, -0.2) is 4.98 Å². The standard InChI is InChI=1S/C17H16N2O/c1-13(14-5-3-2-4-6-14)19-16-9-7-15(8-10-16)17-11-18-12-20-17/h2-13,19H,1H3. The molecule has 0 aliphatic heterocycles. The van der Waals surface area contributed by atoms with E-state index in [4.69, 9.17) is 4.42 Å². The molecule has 0 saturated heterocycles. The molecule has 0 saturated carbocycles. The van der Waals surface area contributed by atoms with E-state index in [0.29, 0.717) is 0 Å². The Balaban J connectivity index is 1.72. The van der Waals surface area contributed by atoms with Gasteiger partial charge in [0.1, 0.15) is 0 Å². The molecule has 3 nitrogen and oxygen atoms in total. The van der Waals surface area contributed by atoms with E-state index < -0.39 is 0 Å². The number of hydrogen-bond donors (Lipinski definition) is 1. The Morgan fingerprint density at radius 2 is 1.75 bits per heavy atom. The Bertz CT molecular complexity index is 645. The topological polar surface area (TPSA) is 38.1 Å². The van der Waals surface area contributed by atoms with Gasteiger partial charge in [-0.3, -0.25) is 0 Å². The molecule has 0 fully saturated rings. The molecule has 3 heteroatoms. The minimum absolute atomic E-state index is 0.271. The van der Waals surface area contributed by atoms with E-state index in [-0.39, 0.29) is 6.04 Å². The molecule has 100 valence electrons. The van der Waals surface area contributed by atoms with Crippen molar-refractivity contribution in [3.63, 3.8) is 0 Å². The first-order chi connectivity index (χ1) is 9.83. The quantitative estimate of drug-likeness (QED) is 0.753. The summed E-state index contributed by atoms with van der Waals surface area (Å²) in [6, 6.07) is 18.8. The molecule has 0 radical (unpaired) electrons. The van der Waals surface area contributed by atoms with E-state index in [1.54, 1.807) is 6.20 Å². The van der Waals surface area contributed by atoms with Crippen molar-refractivity contribution in [2.45, 2.75) is 13.0 Å². The minimum Gasteiger partial charge on any atom is -0.444 e. The lowest BCUT2D eigenvalue weighted by Gasteiger charge is -2.15. The number of aromatic nitrogens is 1. The SMILES string of the molecule is CC(Nc1ccc(-c2cnco2)cc1)c1ccccc1. The Morgan fingerprint density at radius 3 is 2.40 bits per heavy atom. The van der Waals surface area contributed by atoms with Crippen molar-refractivity contribution < 1.29 is 4.42 Å². The molecular formula is C17H16N2O. The van der Waals surface area contributed by atoms with Crippen molar-refractivity contribution >= 4 is 5.69 Å². The molecule has 1 N–H and O–H groups in total. The highest BCUT2D eigenvalue weighted by Gasteiger charge is 2.05. The third-order valence-corrected chi connectivity index (χ3v) is 3.28. The number of hydrogen-bond acceptors (Lipinski definition) is 3. The predicted octanol–water partition coefficient (Wildman–Crippen LogP) is 4.51. The van der Waals surface area contributed by atoms with Crippen molar-refractivity contribution in [3.05, 3.63) is 72.8 Å². The Morgan fingerprint density at radius 1 is 1.00 bits per heavy atom. The summed E-state index contributed by atoms with van der Waals surface area (Å²) in [5.41, 5.74) is 3.39. The van der Waals surface area contributed by atoms with E-state index in [9.17, 15) is 0 Å². The molecule has 0 bridgehead atoms. The first kappa shape index (κ1) is 12.5. The van der Waals surface area contributed by atoms with Crippen molar-refractivity contribution in [2.24, 2.45) is 0 Å². The molecule has 1 atom stereocenters. The number of benzene rings is 2. The summed E-state index contributed by atoms with van der Waals surface area (Å²) >= 11 is 0. The van der Waals surface area contributed by atoms with Gasteiger partial charge in [-0.1, -0.05) is 30.3 Å². The highest BCUT2D eigenvalue weighted by molar-refractivity contribution is 5.60. The Kier molecular flexibility index (Phi) is 3.50. The van der Waals surface area contributed by atoms with Crippen LogP contribution in [0.5, 0.6) is 0 Å². The van der Waals surface area contributed by atoms with Crippen LogP contribution < -0.4 is 5.32 Å². The third-order valence-electron chi connectivity index (χ3n) is 3.28. The number of nitrogens with one attached hydrogen (secondary N) is 1. The molecule has 1 unspecified atom stereocenters. The lowest BCUT2D eigenvalue weighted by molar-refractivity contribution is 0.572. The summed E-state index contributed by atoms with van der Waals surface area (Å²) in [5, 5.41) is 3.48. The van der Waals surface area contributed by atoms with Crippen LogP contribution in [0.1, 0.15) is 18.5 Å². The van der Waals surface area contributed by atoms with E-state index in [1.807, 2.05) is 18.2 Å². The van der Waals surface area contributed by atoms with Gasteiger partial charge in [-0.15, -0.1) is 0 Å². The van der Waals surface area contributed by atoms with Crippen molar-refractivity contribution in [3.8, 4) is 11.3 Å². The number of rotatable bonds is 4. The van der Waals surface area contributed by atoms with Crippen LogP contribution in [0.25, 0.3) is 11.3 Å². The van der Waals surface area contributed by atoms with Crippen LogP contribution in [0.4, 0.5) is 5.69 Å². The van der Waals surface area contributed by atoms with Crippen LogP contribution in [0.2, 0.25) is 0 Å². The predicted molar refractivity (Wildman–Crippen MR) is 80.4 cm³/mol. The van der Waals surface area contributed by atoms with Crippen LogP contribution in [-0.2, 0) is 0 Å². The maximum absolute atomic E-state index is 5.28. The molecule has 1 aromatic heterocycles.